The van der Waals surface area contributed by atoms with Crippen molar-refractivity contribution in [1.29, 1.82) is 0 Å². The number of aliphatic hydroxyl groups excluding tert-OH is 1. The third kappa shape index (κ3) is 2.64. The lowest BCUT2D eigenvalue weighted by molar-refractivity contribution is -0.210. The van der Waals surface area contributed by atoms with Gasteiger partial charge >= 0.3 is 0 Å². The second kappa shape index (κ2) is 6.09. The molecular formula is C17H27NO3. The number of piperidine rings is 1. The Morgan fingerprint density at radius 2 is 2.14 bits per heavy atom. The molecule has 1 heterocycles. The maximum atomic E-state index is 12.6. The lowest BCUT2D eigenvalue weighted by Gasteiger charge is -2.56. The molecule has 4 nitrogen and oxygen atoms in total. The van der Waals surface area contributed by atoms with Crippen LogP contribution in [0.1, 0.15) is 45.4 Å². The molecule has 118 valence electrons. The number of aliphatic hydroxyl groups is 1. The summed E-state index contributed by atoms with van der Waals surface area (Å²) in [5, 5.41) is 10.2. The molecule has 1 aliphatic heterocycles. The summed E-state index contributed by atoms with van der Waals surface area (Å²) in [6, 6.07) is 0. The van der Waals surface area contributed by atoms with Gasteiger partial charge in [0.2, 0.25) is 5.91 Å². The molecule has 1 spiro atoms. The van der Waals surface area contributed by atoms with Crippen LogP contribution in [-0.2, 0) is 9.53 Å². The Morgan fingerprint density at radius 3 is 2.71 bits per heavy atom. The maximum absolute atomic E-state index is 12.6. The van der Waals surface area contributed by atoms with Crippen LogP contribution >= 0.6 is 0 Å². The van der Waals surface area contributed by atoms with Crippen LogP contribution in [-0.4, -0.2) is 47.8 Å². The van der Waals surface area contributed by atoms with E-state index in [-0.39, 0.29) is 23.5 Å². The fourth-order valence-electron chi connectivity index (χ4n) is 4.24. The topological polar surface area (TPSA) is 49.8 Å². The molecule has 1 N–H and O–H groups in total. The van der Waals surface area contributed by atoms with Crippen molar-refractivity contribution in [3.8, 4) is 0 Å². The van der Waals surface area contributed by atoms with E-state index in [2.05, 4.69) is 12.2 Å². The number of amides is 1. The predicted octanol–water partition coefficient (Wildman–Crippen LogP) is 2.12. The first kappa shape index (κ1) is 15.0. The van der Waals surface area contributed by atoms with Crippen molar-refractivity contribution in [3.05, 3.63) is 12.2 Å². The zero-order chi connectivity index (χ0) is 14.9. The van der Waals surface area contributed by atoms with Crippen molar-refractivity contribution in [2.45, 2.75) is 57.7 Å². The van der Waals surface area contributed by atoms with Crippen LogP contribution in [0.5, 0.6) is 0 Å². The average molecular weight is 293 g/mol. The van der Waals surface area contributed by atoms with E-state index in [1.165, 1.54) is 0 Å². The minimum Gasteiger partial charge on any atom is -0.392 e. The van der Waals surface area contributed by atoms with E-state index < -0.39 is 0 Å². The number of hydrogen-bond acceptors (Lipinski definition) is 3. The summed E-state index contributed by atoms with van der Waals surface area (Å²) in [6.45, 7) is 4.27. The lowest BCUT2D eigenvalue weighted by Crippen LogP contribution is -2.63. The third-order valence-electron chi connectivity index (χ3n) is 5.73. The largest absolute Gasteiger partial charge is 0.392 e. The second-order valence-corrected chi connectivity index (χ2v) is 6.74. The molecule has 0 radical (unpaired) electrons. The fourth-order valence-corrected chi connectivity index (χ4v) is 4.24. The summed E-state index contributed by atoms with van der Waals surface area (Å²) in [7, 11) is 0. The van der Waals surface area contributed by atoms with Gasteiger partial charge in [0.1, 0.15) is 0 Å². The molecule has 3 atom stereocenters. The van der Waals surface area contributed by atoms with Gasteiger partial charge in [0.15, 0.2) is 0 Å². The van der Waals surface area contributed by atoms with Gasteiger partial charge < -0.3 is 14.7 Å². The number of hydrogen-bond donors (Lipinski definition) is 1. The van der Waals surface area contributed by atoms with Gasteiger partial charge in [-0.1, -0.05) is 12.2 Å². The van der Waals surface area contributed by atoms with Gasteiger partial charge in [-0.3, -0.25) is 4.79 Å². The average Bonchev–Trinajstić information content (AvgIpc) is 2.55. The van der Waals surface area contributed by atoms with E-state index in [9.17, 15) is 9.90 Å². The fraction of sp³-hybridized carbons (Fsp3) is 0.824. The number of allylic oxidation sites excluding steroid dienone is 2. The minimum absolute atomic E-state index is 0.0841. The van der Waals surface area contributed by atoms with Crippen molar-refractivity contribution in [2.24, 2.45) is 11.3 Å². The van der Waals surface area contributed by atoms with Crippen LogP contribution < -0.4 is 0 Å². The van der Waals surface area contributed by atoms with Gasteiger partial charge in [0.25, 0.3) is 0 Å². The molecule has 4 heteroatoms. The Balaban J connectivity index is 1.57. The Hall–Kier alpha value is -0.870. The summed E-state index contributed by atoms with van der Waals surface area (Å²) in [5.74, 6) is 0.494. The number of nitrogens with zero attached hydrogens (tertiary/aromatic N) is 1. The first-order valence-electron chi connectivity index (χ1n) is 8.41. The standard InChI is InChI=1S/C17H27NO3/c1-2-21-15-12-14(19)17(15)8-10-18(11-9-17)16(20)13-6-4-3-5-7-13/h3-4,13-15,19H,2,5-12H2,1H3. The van der Waals surface area contributed by atoms with E-state index in [1.807, 2.05) is 11.8 Å². The monoisotopic (exact) mass is 293 g/mol. The molecule has 1 saturated carbocycles. The van der Waals surface area contributed by atoms with Crippen molar-refractivity contribution in [3.63, 3.8) is 0 Å². The van der Waals surface area contributed by atoms with Gasteiger partial charge in [-0.2, -0.15) is 0 Å². The summed E-state index contributed by atoms with van der Waals surface area (Å²) >= 11 is 0. The minimum atomic E-state index is -0.246. The zero-order valence-corrected chi connectivity index (χ0v) is 13.0. The highest BCUT2D eigenvalue weighted by Crippen LogP contribution is 2.51. The molecule has 0 bridgehead atoms. The summed E-state index contributed by atoms with van der Waals surface area (Å²) in [6.07, 6.45) is 9.68. The van der Waals surface area contributed by atoms with Crippen molar-refractivity contribution < 1.29 is 14.6 Å². The Labute approximate surface area is 127 Å². The molecule has 0 aromatic rings. The van der Waals surface area contributed by atoms with E-state index >= 15 is 0 Å². The zero-order valence-electron chi connectivity index (χ0n) is 13.0. The van der Waals surface area contributed by atoms with Crippen LogP contribution in [0.15, 0.2) is 12.2 Å². The normalized spacial score (nSPS) is 34.8. The van der Waals surface area contributed by atoms with Gasteiger partial charge in [-0.25, -0.2) is 0 Å². The van der Waals surface area contributed by atoms with Crippen molar-refractivity contribution in [1.82, 2.24) is 4.90 Å². The van der Waals surface area contributed by atoms with E-state index in [1.54, 1.807) is 0 Å². The Morgan fingerprint density at radius 1 is 1.38 bits per heavy atom. The molecule has 0 aromatic heterocycles. The van der Waals surface area contributed by atoms with Gasteiger partial charge in [-0.05, 0) is 39.0 Å². The summed E-state index contributed by atoms with van der Waals surface area (Å²) in [4.78, 5) is 14.6. The second-order valence-electron chi connectivity index (χ2n) is 6.74. The van der Waals surface area contributed by atoms with E-state index in [0.29, 0.717) is 12.5 Å². The first-order chi connectivity index (χ1) is 10.2. The molecule has 3 rings (SSSR count). The van der Waals surface area contributed by atoms with Gasteiger partial charge in [0, 0.05) is 37.5 Å². The van der Waals surface area contributed by atoms with Crippen LogP contribution in [0.2, 0.25) is 0 Å². The smallest absolute Gasteiger partial charge is 0.226 e. The number of rotatable bonds is 3. The summed E-state index contributed by atoms with van der Waals surface area (Å²) < 4.78 is 5.78. The van der Waals surface area contributed by atoms with Crippen LogP contribution in [0.3, 0.4) is 0 Å². The molecular weight excluding hydrogens is 266 g/mol. The van der Waals surface area contributed by atoms with E-state index in [0.717, 1.165) is 51.6 Å². The first-order valence-corrected chi connectivity index (χ1v) is 8.41. The molecule has 21 heavy (non-hydrogen) atoms. The SMILES string of the molecule is CCOC1CC(O)C12CCN(C(=O)C1CC=CCC1)CC2. The molecule has 3 aliphatic rings. The van der Waals surface area contributed by atoms with Gasteiger partial charge in [-0.15, -0.1) is 0 Å². The molecule has 2 fully saturated rings. The van der Waals surface area contributed by atoms with Crippen LogP contribution in [0.25, 0.3) is 0 Å². The van der Waals surface area contributed by atoms with Crippen molar-refractivity contribution >= 4 is 5.91 Å². The molecule has 3 unspecified atom stereocenters. The molecule has 2 aliphatic carbocycles. The van der Waals surface area contributed by atoms with Crippen LogP contribution in [0, 0.1) is 11.3 Å². The Bertz CT molecular complexity index is 410. The van der Waals surface area contributed by atoms with Crippen LogP contribution in [0.4, 0.5) is 0 Å². The predicted molar refractivity (Wildman–Crippen MR) is 80.8 cm³/mol. The number of carbonyl (C=O) groups is 1. The lowest BCUT2D eigenvalue weighted by atomic mass is 9.58. The quantitative estimate of drug-likeness (QED) is 0.811. The highest BCUT2D eigenvalue weighted by molar-refractivity contribution is 5.79. The summed E-state index contributed by atoms with van der Waals surface area (Å²) in [5.41, 5.74) is -0.0841. The number of likely N-dealkylation sites (tertiary alicyclic amines) is 1. The highest BCUT2D eigenvalue weighted by atomic mass is 16.5. The maximum Gasteiger partial charge on any atom is 0.226 e. The number of ether oxygens (including phenoxy) is 1. The molecule has 0 aromatic carbocycles. The van der Waals surface area contributed by atoms with Gasteiger partial charge in [0.05, 0.1) is 12.2 Å². The molecule has 1 amide bonds. The highest BCUT2D eigenvalue weighted by Gasteiger charge is 2.56. The third-order valence-corrected chi connectivity index (χ3v) is 5.73. The molecule has 1 saturated heterocycles. The van der Waals surface area contributed by atoms with E-state index in [4.69, 9.17) is 4.74 Å². The Kier molecular flexibility index (Phi) is 4.36. The number of carbonyl (C=O) groups excluding carboxylic acids is 1. The van der Waals surface area contributed by atoms with Crippen molar-refractivity contribution in [2.75, 3.05) is 19.7 Å².